The molecule has 3 amide bonds. The third-order valence-corrected chi connectivity index (χ3v) is 7.41. The Bertz CT molecular complexity index is 1210. The van der Waals surface area contributed by atoms with Crippen molar-refractivity contribution < 1.29 is 14.3 Å². The lowest BCUT2D eigenvalue weighted by atomic mass is 9.92. The van der Waals surface area contributed by atoms with Crippen LogP contribution in [0.5, 0.6) is 5.75 Å². The lowest BCUT2D eigenvalue weighted by Crippen LogP contribution is -2.41. The second-order valence-corrected chi connectivity index (χ2v) is 12.1. The molecule has 10 heteroatoms. The van der Waals surface area contributed by atoms with Crippen LogP contribution in [0.25, 0.3) is 0 Å². The Morgan fingerprint density at radius 3 is 2.49 bits per heavy atom. The maximum absolute atomic E-state index is 12.7. The van der Waals surface area contributed by atoms with Gasteiger partial charge in [-0.15, -0.1) is 11.3 Å². The molecule has 2 aromatic heterocycles. The van der Waals surface area contributed by atoms with Crippen molar-refractivity contribution in [3.8, 4) is 5.75 Å². The minimum Gasteiger partial charge on any atom is -0.490 e. The number of nitrogens with one attached hydrogen (secondary N) is 2. The summed E-state index contributed by atoms with van der Waals surface area (Å²) in [5.41, 5.74) is 1.43. The van der Waals surface area contributed by atoms with Crippen molar-refractivity contribution >= 4 is 50.7 Å². The molecule has 0 aliphatic carbocycles. The molecule has 0 spiro atoms. The molecule has 1 saturated heterocycles. The van der Waals surface area contributed by atoms with E-state index in [1.165, 1.54) is 11.3 Å². The number of nitrogens with zero attached hydrogens (tertiary/aromatic N) is 3. The third-order valence-electron chi connectivity index (χ3n) is 5.80. The summed E-state index contributed by atoms with van der Waals surface area (Å²) in [6.07, 6.45) is 1.53. The molecular formula is C25H30BrN5O3S. The zero-order valence-corrected chi connectivity index (χ0v) is 22.7. The van der Waals surface area contributed by atoms with E-state index in [-0.39, 0.29) is 23.5 Å². The molecular weight excluding hydrogens is 530 g/mol. The van der Waals surface area contributed by atoms with E-state index in [1.807, 2.05) is 47.4 Å². The maximum atomic E-state index is 12.7. The van der Waals surface area contributed by atoms with E-state index in [4.69, 9.17) is 4.74 Å². The first-order chi connectivity index (χ1) is 16.6. The lowest BCUT2D eigenvalue weighted by Gasteiger charge is -2.32. The first kappa shape index (κ1) is 25.2. The molecule has 1 aliphatic heterocycles. The van der Waals surface area contributed by atoms with Crippen molar-refractivity contribution in [3.63, 3.8) is 0 Å². The van der Waals surface area contributed by atoms with Gasteiger partial charge in [0.2, 0.25) is 0 Å². The number of carbonyl (C=O) groups is 2. The van der Waals surface area contributed by atoms with Crippen molar-refractivity contribution in [2.75, 3.05) is 23.7 Å². The molecule has 0 bridgehead atoms. The number of carbonyl (C=O) groups excluding carboxylic acids is 2. The number of likely N-dealkylation sites (tertiary alicyclic amines) is 1. The van der Waals surface area contributed by atoms with Gasteiger partial charge in [0.25, 0.3) is 5.91 Å². The SMILES string of the molecule is Cn1nc(C(C)(C)C)cc1NC(=O)Nc1cccc(OC2CCN(C(=O)c3ccc(Br)s3)CC2)c1. The summed E-state index contributed by atoms with van der Waals surface area (Å²) in [6.45, 7) is 7.54. The zero-order chi connectivity index (χ0) is 25.2. The third kappa shape index (κ3) is 6.43. The average Bonchev–Trinajstić information content (AvgIpc) is 3.39. The van der Waals surface area contributed by atoms with Crippen LogP contribution < -0.4 is 15.4 Å². The molecule has 2 N–H and O–H groups in total. The van der Waals surface area contributed by atoms with Crippen LogP contribution in [0.2, 0.25) is 0 Å². The van der Waals surface area contributed by atoms with Gasteiger partial charge < -0.3 is 15.0 Å². The summed E-state index contributed by atoms with van der Waals surface area (Å²) in [4.78, 5) is 27.8. The Morgan fingerprint density at radius 1 is 1.11 bits per heavy atom. The van der Waals surface area contributed by atoms with E-state index in [1.54, 1.807) is 11.7 Å². The predicted octanol–water partition coefficient (Wildman–Crippen LogP) is 5.87. The maximum Gasteiger partial charge on any atom is 0.324 e. The normalized spacial score (nSPS) is 14.6. The van der Waals surface area contributed by atoms with E-state index >= 15 is 0 Å². The number of urea groups is 1. The van der Waals surface area contributed by atoms with Gasteiger partial charge in [0.05, 0.1) is 14.4 Å². The van der Waals surface area contributed by atoms with Gasteiger partial charge in [-0.1, -0.05) is 26.8 Å². The van der Waals surface area contributed by atoms with Crippen LogP contribution in [0, 0.1) is 0 Å². The van der Waals surface area contributed by atoms with Gasteiger partial charge in [-0.25, -0.2) is 4.79 Å². The van der Waals surface area contributed by atoms with E-state index in [9.17, 15) is 9.59 Å². The molecule has 3 heterocycles. The summed E-state index contributed by atoms with van der Waals surface area (Å²) in [5.74, 6) is 1.38. The molecule has 186 valence electrons. The number of amides is 3. The highest BCUT2D eigenvalue weighted by Gasteiger charge is 2.25. The van der Waals surface area contributed by atoms with E-state index in [2.05, 4.69) is 52.4 Å². The number of halogens is 1. The molecule has 0 radical (unpaired) electrons. The smallest absolute Gasteiger partial charge is 0.324 e. The molecule has 35 heavy (non-hydrogen) atoms. The van der Waals surface area contributed by atoms with Gasteiger partial charge in [0.15, 0.2) is 0 Å². The minimum absolute atomic E-state index is 0.0171. The molecule has 1 fully saturated rings. The molecule has 0 unspecified atom stereocenters. The van der Waals surface area contributed by atoms with E-state index in [0.29, 0.717) is 30.3 Å². The predicted molar refractivity (Wildman–Crippen MR) is 143 cm³/mol. The molecule has 3 aromatic rings. The Labute approximate surface area is 217 Å². The summed E-state index contributed by atoms with van der Waals surface area (Å²) in [6, 6.07) is 12.6. The van der Waals surface area contributed by atoms with E-state index < -0.39 is 0 Å². The number of aryl methyl sites for hydroxylation is 1. The fourth-order valence-corrected chi connectivity index (χ4v) is 5.18. The highest BCUT2D eigenvalue weighted by Crippen LogP contribution is 2.27. The Kier molecular flexibility index (Phi) is 7.51. The number of thiophene rings is 1. The monoisotopic (exact) mass is 559 g/mol. The Morgan fingerprint density at radius 2 is 1.86 bits per heavy atom. The van der Waals surface area contributed by atoms with Gasteiger partial charge in [0.1, 0.15) is 17.7 Å². The number of piperidine rings is 1. The second-order valence-electron chi connectivity index (χ2n) is 9.61. The Balaban J connectivity index is 1.30. The average molecular weight is 561 g/mol. The van der Waals surface area contributed by atoms with Crippen LogP contribution >= 0.6 is 27.3 Å². The second kappa shape index (κ2) is 10.4. The van der Waals surface area contributed by atoms with Crippen LogP contribution in [0.1, 0.15) is 49.0 Å². The number of benzene rings is 1. The van der Waals surface area contributed by atoms with Gasteiger partial charge in [0, 0.05) is 56.2 Å². The number of anilines is 2. The number of rotatable bonds is 5. The molecule has 8 nitrogen and oxygen atoms in total. The summed E-state index contributed by atoms with van der Waals surface area (Å²) >= 11 is 4.87. The van der Waals surface area contributed by atoms with Gasteiger partial charge in [-0.2, -0.15) is 5.10 Å². The van der Waals surface area contributed by atoms with Crippen molar-refractivity contribution in [3.05, 3.63) is 56.8 Å². The van der Waals surface area contributed by atoms with Crippen LogP contribution in [0.15, 0.2) is 46.3 Å². The van der Waals surface area contributed by atoms with Gasteiger partial charge in [-0.3, -0.25) is 14.8 Å². The van der Waals surface area contributed by atoms with Crippen LogP contribution in [-0.4, -0.2) is 45.8 Å². The summed E-state index contributed by atoms with van der Waals surface area (Å²) < 4.78 is 8.78. The molecule has 1 aliphatic rings. The molecule has 0 saturated carbocycles. The quantitative estimate of drug-likeness (QED) is 0.409. The van der Waals surface area contributed by atoms with Crippen LogP contribution in [0.4, 0.5) is 16.3 Å². The summed E-state index contributed by atoms with van der Waals surface area (Å²) in [5, 5.41) is 10.2. The summed E-state index contributed by atoms with van der Waals surface area (Å²) in [7, 11) is 1.80. The number of ether oxygens (including phenoxy) is 1. The highest BCUT2D eigenvalue weighted by molar-refractivity contribution is 9.11. The molecule has 1 aromatic carbocycles. The van der Waals surface area contributed by atoms with Crippen molar-refractivity contribution in [2.24, 2.45) is 7.05 Å². The van der Waals surface area contributed by atoms with Crippen molar-refractivity contribution in [1.82, 2.24) is 14.7 Å². The van der Waals surface area contributed by atoms with Crippen molar-refractivity contribution in [1.29, 1.82) is 0 Å². The molecule has 0 atom stereocenters. The van der Waals surface area contributed by atoms with Gasteiger partial charge in [-0.05, 0) is 40.2 Å². The topological polar surface area (TPSA) is 88.5 Å². The Hall–Kier alpha value is -2.85. The fraction of sp³-hybridized carbons (Fsp3) is 0.400. The van der Waals surface area contributed by atoms with E-state index in [0.717, 1.165) is 27.2 Å². The first-order valence-electron chi connectivity index (χ1n) is 11.5. The number of hydrogen-bond donors (Lipinski definition) is 2. The van der Waals surface area contributed by atoms with Crippen molar-refractivity contribution in [2.45, 2.75) is 45.1 Å². The molecule has 4 rings (SSSR count). The minimum atomic E-state index is -0.349. The first-order valence-corrected chi connectivity index (χ1v) is 13.1. The number of aromatic nitrogens is 2. The van der Waals surface area contributed by atoms with Crippen LogP contribution in [-0.2, 0) is 12.5 Å². The van der Waals surface area contributed by atoms with Crippen LogP contribution in [0.3, 0.4) is 0 Å². The lowest BCUT2D eigenvalue weighted by molar-refractivity contribution is 0.0600. The zero-order valence-electron chi connectivity index (χ0n) is 20.3. The fourth-order valence-electron chi connectivity index (χ4n) is 3.83. The highest BCUT2D eigenvalue weighted by atomic mass is 79.9. The number of hydrogen-bond acceptors (Lipinski definition) is 5. The largest absolute Gasteiger partial charge is 0.490 e. The standard InChI is InChI=1S/C25H30BrN5O3S/c1-25(2,3)20-15-22(30(4)29-20)28-24(33)27-16-6-5-7-18(14-16)34-17-10-12-31(13-11-17)23(32)19-8-9-21(26)35-19/h5-9,14-15,17H,10-13H2,1-4H3,(H2,27,28,33). The van der Waals surface area contributed by atoms with Gasteiger partial charge >= 0.3 is 6.03 Å².